The summed E-state index contributed by atoms with van der Waals surface area (Å²) >= 11 is 0. The quantitative estimate of drug-likeness (QED) is 0.791. The molecule has 0 radical (unpaired) electrons. The molecule has 0 saturated heterocycles. The fourth-order valence-corrected chi connectivity index (χ4v) is 1.65. The van der Waals surface area contributed by atoms with E-state index in [2.05, 4.69) is 10.1 Å². The number of hydrogen-bond donors (Lipinski definition) is 0. The van der Waals surface area contributed by atoms with Crippen LogP contribution in [0.25, 0.3) is 5.82 Å². The molecule has 0 spiro atoms. The Kier molecular flexibility index (Phi) is 2.90. The van der Waals surface area contributed by atoms with Crippen LogP contribution in [0.5, 0.6) is 5.75 Å². The molecule has 0 aliphatic carbocycles. The maximum atomic E-state index is 5.53. The zero-order valence-electron chi connectivity index (χ0n) is 9.77. The summed E-state index contributed by atoms with van der Waals surface area (Å²) in [6, 6.07) is 5.78. The maximum absolute atomic E-state index is 5.53. The van der Waals surface area contributed by atoms with Gasteiger partial charge in [-0.3, -0.25) is 0 Å². The number of aromatic nitrogens is 3. The van der Waals surface area contributed by atoms with Crippen molar-refractivity contribution in [1.29, 1.82) is 0 Å². The van der Waals surface area contributed by atoms with Gasteiger partial charge in [0.2, 0.25) is 0 Å². The predicted octanol–water partition coefficient (Wildman–Crippen LogP) is 2.28. The molecule has 0 amide bonds. The summed E-state index contributed by atoms with van der Waals surface area (Å²) in [6.45, 7) is 6.55. The highest BCUT2D eigenvalue weighted by molar-refractivity contribution is 5.40. The SMILES string of the molecule is CCOc1cccnc1-n1nc(C)cc1C. The van der Waals surface area contributed by atoms with Crippen LogP contribution in [0.2, 0.25) is 0 Å². The van der Waals surface area contributed by atoms with E-state index in [0.717, 1.165) is 23.0 Å². The van der Waals surface area contributed by atoms with Gasteiger partial charge in [-0.25, -0.2) is 9.67 Å². The summed E-state index contributed by atoms with van der Waals surface area (Å²) in [6.07, 6.45) is 1.74. The van der Waals surface area contributed by atoms with E-state index < -0.39 is 0 Å². The molecule has 0 N–H and O–H groups in total. The lowest BCUT2D eigenvalue weighted by atomic mass is 10.4. The van der Waals surface area contributed by atoms with E-state index in [0.29, 0.717) is 6.61 Å². The average molecular weight is 217 g/mol. The molecule has 0 fully saturated rings. The van der Waals surface area contributed by atoms with E-state index in [9.17, 15) is 0 Å². The zero-order chi connectivity index (χ0) is 11.5. The Morgan fingerprint density at radius 2 is 2.19 bits per heavy atom. The Morgan fingerprint density at radius 3 is 2.81 bits per heavy atom. The van der Waals surface area contributed by atoms with Gasteiger partial charge in [-0.15, -0.1) is 0 Å². The highest BCUT2D eigenvalue weighted by Crippen LogP contribution is 2.21. The number of pyridine rings is 1. The van der Waals surface area contributed by atoms with E-state index in [1.807, 2.05) is 39.0 Å². The van der Waals surface area contributed by atoms with Gasteiger partial charge < -0.3 is 4.74 Å². The number of nitrogens with zero attached hydrogens (tertiary/aromatic N) is 3. The van der Waals surface area contributed by atoms with Crippen molar-refractivity contribution in [2.75, 3.05) is 6.61 Å². The number of aryl methyl sites for hydroxylation is 2. The molecule has 4 nitrogen and oxygen atoms in total. The molecule has 84 valence electrons. The van der Waals surface area contributed by atoms with Crippen LogP contribution in [0.15, 0.2) is 24.4 Å². The van der Waals surface area contributed by atoms with Crippen molar-refractivity contribution in [3.63, 3.8) is 0 Å². The highest BCUT2D eigenvalue weighted by atomic mass is 16.5. The van der Waals surface area contributed by atoms with Crippen LogP contribution in [0.1, 0.15) is 18.3 Å². The highest BCUT2D eigenvalue weighted by Gasteiger charge is 2.10. The van der Waals surface area contributed by atoms with Crippen molar-refractivity contribution >= 4 is 0 Å². The topological polar surface area (TPSA) is 39.9 Å². The van der Waals surface area contributed by atoms with Crippen molar-refractivity contribution < 1.29 is 4.74 Å². The molecule has 2 rings (SSSR count). The van der Waals surface area contributed by atoms with E-state index in [4.69, 9.17) is 4.74 Å². The minimum atomic E-state index is 0.623. The second-order valence-corrected chi connectivity index (χ2v) is 3.60. The number of rotatable bonds is 3. The third-order valence-electron chi connectivity index (χ3n) is 2.26. The predicted molar refractivity (Wildman–Crippen MR) is 62.0 cm³/mol. The van der Waals surface area contributed by atoms with Crippen LogP contribution in [-0.4, -0.2) is 21.4 Å². The molecule has 2 aromatic heterocycles. The van der Waals surface area contributed by atoms with Crippen LogP contribution in [-0.2, 0) is 0 Å². The molecule has 0 aliphatic heterocycles. The van der Waals surface area contributed by atoms with Crippen LogP contribution >= 0.6 is 0 Å². The third-order valence-corrected chi connectivity index (χ3v) is 2.26. The number of hydrogen-bond acceptors (Lipinski definition) is 3. The van der Waals surface area contributed by atoms with E-state index >= 15 is 0 Å². The average Bonchev–Trinajstić information content (AvgIpc) is 2.59. The van der Waals surface area contributed by atoms with E-state index in [-0.39, 0.29) is 0 Å². The fraction of sp³-hybridized carbons (Fsp3) is 0.333. The van der Waals surface area contributed by atoms with Gasteiger partial charge >= 0.3 is 0 Å². The lowest BCUT2D eigenvalue weighted by molar-refractivity contribution is 0.336. The van der Waals surface area contributed by atoms with Gasteiger partial charge in [0.1, 0.15) is 0 Å². The second kappa shape index (κ2) is 4.35. The molecule has 0 atom stereocenters. The van der Waals surface area contributed by atoms with Crippen LogP contribution in [0.4, 0.5) is 0 Å². The van der Waals surface area contributed by atoms with Gasteiger partial charge in [-0.2, -0.15) is 5.10 Å². The smallest absolute Gasteiger partial charge is 0.196 e. The molecule has 0 unspecified atom stereocenters. The first-order chi connectivity index (χ1) is 7.72. The van der Waals surface area contributed by atoms with Gasteiger partial charge in [0, 0.05) is 11.9 Å². The standard InChI is InChI=1S/C12H15N3O/c1-4-16-11-6-5-7-13-12(11)15-10(3)8-9(2)14-15/h5-8H,4H2,1-3H3. The van der Waals surface area contributed by atoms with E-state index in [1.165, 1.54) is 0 Å². The maximum Gasteiger partial charge on any atom is 0.196 e. The molecular formula is C12H15N3O. The first kappa shape index (κ1) is 10.7. The Morgan fingerprint density at radius 1 is 1.38 bits per heavy atom. The molecule has 2 aromatic rings. The minimum Gasteiger partial charge on any atom is -0.490 e. The Bertz CT molecular complexity index is 491. The minimum absolute atomic E-state index is 0.623. The van der Waals surface area contributed by atoms with Crippen molar-refractivity contribution in [3.05, 3.63) is 35.8 Å². The molecule has 4 heteroatoms. The molecular weight excluding hydrogens is 202 g/mol. The molecule has 0 aromatic carbocycles. The molecule has 2 heterocycles. The normalized spacial score (nSPS) is 10.4. The summed E-state index contributed by atoms with van der Waals surface area (Å²) in [4.78, 5) is 4.32. The van der Waals surface area contributed by atoms with Crippen molar-refractivity contribution in [3.8, 4) is 11.6 Å². The number of ether oxygens (including phenoxy) is 1. The fourth-order valence-electron chi connectivity index (χ4n) is 1.65. The van der Waals surface area contributed by atoms with Gasteiger partial charge in [0.15, 0.2) is 11.6 Å². The van der Waals surface area contributed by atoms with Crippen LogP contribution in [0, 0.1) is 13.8 Å². The van der Waals surface area contributed by atoms with E-state index in [1.54, 1.807) is 10.9 Å². The Hall–Kier alpha value is -1.84. The van der Waals surface area contributed by atoms with Crippen LogP contribution < -0.4 is 4.74 Å². The Balaban J connectivity index is 2.50. The molecule has 0 aliphatic rings. The van der Waals surface area contributed by atoms with Gasteiger partial charge in [0.05, 0.1) is 12.3 Å². The van der Waals surface area contributed by atoms with Crippen molar-refractivity contribution in [1.82, 2.24) is 14.8 Å². The largest absolute Gasteiger partial charge is 0.490 e. The Labute approximate surface area is 94.9 Å². The first-order valence-electron chi connectivity index (χ1n) is 5.34. The monoisotopic (exact) mass is 217 g/mol. The summed E-state index contributed by atoms with van der Waals surface area (Å²) in [7, 11) is 0. The van der Waals surface area contributed by atoms with Crippen LogP contribution in [0.3, 0.4) is 0 Å². The third kappa shape index (κ3) is 1.91. The lowest BCUT2D eigenvalue weighted by Gasteiger charge is -2.09. The molecule has 0 saturated carbocycles. The summed E-state index contributed by atoms with van der Waals surface area (Å²) in [5.74, 6) is 1.51. The summed E-state index contributed by atoms with van der Waals surface area (Å²) in [5.41, 5.74) is 2.03. The summed E-state index contributed by atoms with van der Waals surface area (Å²) < 4.78 is 7.34. The first-order valence-corrected chi connectivity index (χ1v) is 5.34. The summed E-state index contributed by atoms with van der Waals surface area (Å²) in [5, 5.41) is 4.40. The molecule has 0 bridgehead atoms. The zero-order valence-corrected chi connectivity index (χ0v) is 9.77. The second-order valence-electron chi connectivity index (χ2n) is 3.60. The molecule has 16 heavy (non-hydrogen) atoms. The van der Waals surface area contributed by atoms with Gasteiger partial charge in [-0.1, -0.05) is 0 Å². The lowest BCUT2D eigenvalue weighted by Crippen LogP contribution is -2.05. The van der Waals surface area contributed by atoms with Gasteiger partial charge in [-0.05, 0) is 39.0 Å². The van der Waals surface area contributed by atoms with Crippen molar-refractivity contribution in [2.24, 2.45) is 0 Å². The van der Waals surface area contributed by atoms with Crippen molar-refractivity contribution in [2.45, 2.75) is 20.8 Å². The van der Waals surface area contributed by atoms with Gasteiger partial charge in [0.25, 0.3) is 0 Å².